The lowest BCUT2D eigenvalue weighted by Gasteiger charge is -2.07. The van der Waals surface area contributed by atoms with E-state index in [2.05, 4.69) is 10.4 Å². The quantitative estimate of drug-likeness (QED) is 0.715. The first-order valence-corrected chi connectivity index (χ1v) is 7.25. The first kappa shape index (κ1) is 16.5. The van der Waals surface area contributed by atoms with Gasteiger partial charge in [-0.05, 0) is 36.6 Å². The molecule has 0 unspecified atom stereocenters. The zero-order valence-electron chi connectivity index (χ0n) is 12.9. The Kier molecular flexibility index (Phi) is 5.74. The molecule has 0 atom stereocenters. The van der Waals surface area contributed by atoms with Crippen LogP contribution in [0.4, 0.5) is 0 Å². The molecule has 0 aliphatic heterocycles. The van der Waals surface area contributed by atoms with Crippen LogP contribution in [0.2, 0.25) is 0 Å². The Bertz CT molecular complexity index is 681. The van der Waals surface area contributed by atoms with Gasteiger partial charge >= 0.3 is 5.97 Å². The number of carboxylic acids is 1. The lowest BCUT2D eigenvalue weighted by atomic mass is 10.2. The lowest BCUT2D eigenvalue weighted by Crippen LogP contribution is -2.24. The van der Waals surface area contributed by atoms with Gasteiger partial charge in [0, 0.05) is 25.4 Å². The standard InChI is InChI=1S/C16H19N3O4/c1-19-10-12(9-18-19)4-3-7-17-16(22)13-5-2-6-14(8-13)23-11-15(20)21/h2,5-6,8-10H,3-4,7,11H2,1H3,(H,17,22)(H,20,21). The molecule has 23 heavy (non-hydrogen) atoms. The minimum absolute atomic E-state index is 0.211. The van der Waals surface area contributed by atoms with Gasteiger partial charge in [0.2, 0.25) is 0 Å². The summed E-state index contributed by atoms with van der Waals surface area (Å²) in [5, 5.41) is 15.5. The molecule has 0 saturated carbocycles. The smallest absolute Gasteiger partial charge is 0.341 e. The second-order valence-corrected chi connectivity index (χ2v) is 5.09. The highest BCUT2D eigenvalue weighted by molar-refractivity contribution is 5.94. The zero-order chi connectivity index (χ0) is 16.7. The number of nitrogens with one attached hydrogen (secondary N) is 1. The fourth-order valence-corrected chi connectivity index (χ4v) is 2.07. The number of benzene rings is 1. The molecule has 0 bridgehead atoms. The number of aromatic nitrogens is 2. The van der Waals surface area contributed by atoms with E-state index in [0.717, 1.165) is 18.4 Å². The number of carbonyl (C=O) groups excluding carboxylic acids is 1. The zero-order valence-corrected chi connectivity index (χ0v) is 12.9. The van der Waals surface area contributed by atoms with Crippen LogP contribution in [0.15, 0.2) is 36.7 Å². The molecule has 0 saturated heterocycles. The van der Waals surface area contributed by atoms with Crippen LogP contribution in [0.3, 0.4) is 0 Å². The van der Waals surface area contributed by atoms with E-state index in [1.54, 1.807) is 22.9 Å². The van der Waals surface area contributed by atoms with Crippen molar-refractivity contribution in [3.05, 3.63) is 47.8 Å². The van der Waals surface area contributed by atoms with Gasteiger partial charge in [0.15, 0.2) is 6.61 Å². The number of carboxylic acid groups (broad SMARTS) is 1. The van der Waals surface area contributed by atoms with Crippen molar-refractivity contribution in [1.82, 2.24) is 15.1 Å². The van der Waals surface area contributed by atoms with Crippen molar-refractivity contribution in [3.8, 4) is 5.75 Å². The molecule has 7 heteroatoms. The molecule has 0 fully saturated rings. The van der Waals surface area contributed by atoms with Gasteiger partial charge in [-0.25, -0.2) is 4.79 Å². The second kappa shape index (κ2) is 7.98. The van der Waals surface area contributed by atoms with Gasteiger partial charge in [0.1, 0.15) is 5.75 Å². The molecule has 122 valence electrons. The number of hydrogen-bond donors (Lipinski definition) is 2. The normalized spacial score (nSPS) is 10.3. The summed E-state index contributed by atoms with van der Waals surface area (Å²) in [6.07, 6.45) is 5.42. The van der Waals surface area contributed by atoms with Gasteiger partial charge in [0.05, 0.1) is 6.20 Å². The maximum absolute atomic E-state index is 12.1. The summed E-state index contributed by atoms with van der Waals surface area (Å²) in [4.78, 5) is 22.5. The highest BCUT2D eigenvalue weighted by Gasteiger charge is 2.07. The third-order valence-corrected chi connectivity index (χ3v) is 3.14. The average Bonchev–Trinajstić information content (AvgIpc) is 2.95. The molecule has 0 radical (unpaired) electrons. The number of carbonyl (C=O) groups is 2. The van der Waals surface area contributed by atoms with Crippen molar-refractivity contribution in [3.63, 3.8) is 0 Å². The predicted octanol–water partition coefficient (Wildman–Crippen LogP) is 1.25. The van der Waals surface area contributed by atoms with Crippen LogP contribution in [0.1, 0.15) is 22.3 Å². The molecule has 1 amide bonds. The van der Waals surface area contributed by atoms with E-state index in [1.165, 1.54) is 6.07 Å². The minimum Gasteiger partial charge on any atom is -0.482 e. The first-order chi connectivity index (χ1) is 11.0. The van der Waals surface area contributed by atoms with Gasteiger partial charge in [-0.2, -0.15) is 5.10 Å². The molecule has 0 aliphatic rings. The summed E-state index contributed by atoms with van der Waals surface area (Å²) in [7, 11) is 1.87. The van der Waals surface area contributed by atoms with E-state index in [9.17, 15) is 9.59 Å². The average molecular weight is 317 g/mol. The molecule has 0 spiro atoms. The summed E-state index contributed by atoms with van der Waals surface area (Å²) in [6.45, 7) is 0.115. The Morgan fingerprint density at radius 2 is 2.22 bits per heavy atom. The summed E-state index contributed by atoms with van der Waals surface area (Å²) in [5.41, 5.74) is 1.57. The third kappa shape index (κ3) is 5.46. The molecule has 1 aromatic carbocycles. The topological polar surface area (TPSA) is 93.5 Å². The third-order valence-electron chi connectivity index (χ3n) is 3.14. The number of hydrogen-bond acceptors (Lipinski definition) is 4. The van der Waals surface area contributed by atoms with Crippen molar-refractivity contribution in [1.29, 1.82) is 0 Å². The predicted molar refractivity (Wildman–Crippen MR) is 83.4 cm³/mol. The molecule has 7 nitrogen and oxygen atoms in total. The maximum atomic E-state index is 12.1. The maximum Gasteiger partial charge on any atom is 0.341 e. The van der Waals surface area contributed by atoms with Gasteiger partial charge < -0.3 is 15.2 Å². The molecule has 2 aromatic rings. The van der Waals surface area contributed by atoms with E-state index >= 15 is 0 Å². The van der Waals surface area contributed by atoms with Crippen molar-refractivity contribution in [2.75, 3.05) is 13.2 Å². The van der Waals surface area contributed by atoms with Crippen molar-refractivity contribution in [2.24, 2.45) is 7.05 Å². The highest BCUT2D eigenvalue weighted by atomic mass is 16.5. The number of aryl methyl sites for hydroxylation is 2. The van der Waals surface area contributed by atoms with Gasteiger partial charge in [-0.15, -0.1) is 0 Å². The SMILES string of the molecule is Cn1cc(CCCNC(=O)c2cccc(OCC(=O)O)c2)cn1. The molecular formula is C16H19N3O4. The second-order valence-electron chi connectivity index (χ2n) is 5.09. The Morgan fingerprint density at radius 1 is 1.39 bits per heavy atom. The van der Waals surface area contributed by atoms with E-state index in [0.29, 0.717) is 17.9 Å². The van der Waals surface area contributed by atoms with Gasteiger partial charge in [0.25, 0.3) is 5.91 Å². The van der Waals surface area contributed by atoms with E-state index in [4.69, 9.17) is 9.84 Å². The van der Waals surface area contributed by atoms with Crippen molar-refractivity contribution < 1.29 is 19.4 Å². The summed E-state index contributed by atoms with van der Waals surface area (Å²) < 4.78 is 6.80. The number of rotatable bonds is 8. The van der Waals surface area contributed by atoms with Crippen molar-refractivity contribution in [2.45, 2.75) is 12.8 Å². The Morgan fingerprint density at radius 3 is 2.91 bits per heavy atom. The minimum atomic E-state index is -1.06. The van der Waals surface area contributed by atoms with Crippen LogP contribution in [0.5, 0.6) is 5.75 Å². The Labute approximate surface area is 133 Å². The van der Waals surface area contributed by atoms with Crippen LogP contribution in [0, 0.1) is 0 Å². The number of ether oxygens (including phenoxy) is 1. The molecule has 1 aromatic heterocycles. The van der Waals surface area contributed by atoms with Crippen LogP contribution in [0.25, 0.3) is 0 Å². The first-order valence-electron chi connectivity index (χ1n) is 7.25. The largest absolute Gasteiger partial charge is 0.482 e. The van der Waals surface area contributed by atoms with E-state index < -0.39 is 12.6 Å². The van der Waals surface area contributed by atoms with Gasteiger partial charge in [-0.1, -0.05) is 6.07 Å². The van der Waals surface area contributed by atoms with Crippen LogP contribution in [-0.2, 0) is 18.3 Å². The monoisotopic (exact) mass is 317 g/mol. The fraction of sp³-hybridized carbons (Fsp3) is 0.312. The van der Waals surface area contributed by atoms with E-state index in [-0.39, 0.29) is 5.91 Å². The number of amides is 1. The Hall–Kier alpha value is -2.83. The summed E-state index contributed by atoms with van der Waals surface area (Å²) in [6, 6.07) is 6.45. The van der Waals surface area contributed by atoms with Crippen LogP contribution in [-0.4, -0.2) is 39.9 Å². The summed E-state index contributed by atoms with van der Waals surface area (Å²) >= 11 is 0. The Balaban J connectivity index is 1.78. The molecule has 0 aliphatic carbocycles. The van der Waals surface area contributed by atoms with Crippen LogP contribution < -0.4 is 10.1 Å². The van der Waals surface area contributed by atoms with E-state index in [1.807, 2.05) is 19.4 Å². The molecule has 1 heterocycles. The highest BCUT2D eigenvalue weighted by Crippen LogP contribution is 2.13. The van der Waals surface area contributed by atoms with Gasteiger partial charge in [-0.3, -0.25) is 9.48 Å². The number of aliphatic carboxylic acids is 1. The number of nitrogens with zero attached hydrogens (tertiary/aromatic N) is 2. The lowest BCUT2D eigenvalue weighted by molar-refractivity contribution is -0.139. The van der Waals surface area contributed by atoms with Crippen molar-refractivity contribution >= 4 is 11.9 Å². The molecule has 2 rings (SSSR count). The van der Waals surface area contributed by atoms with Crippen LogP contribution >= 0.6 is 0 Å². The summed E-state index contributed by atoms with van der Waals surface area (Å²) in [5.74, 6) is -0.914. The fourth-order valence-electron chi connectivity index (χ4n) is 2.07. The molecule has 2 N–H and O–H groups in total. The molecular weight excluding hydrogens is 298 g/mol.